The SMILES string of the molecule is CCC(=O)Oc1c(OC)c(OC)c(O)c2ccc(OC)cc12. The van der Waals surface area contributed by atoms with E-state index in [1.807, 2.05) is 0 Å². The van der Waals surface area contributed by atoms with Crippen LogP contribution in [0.25, 0.3) is 10.8 Å². The molecule has 0 heterocycles. The Morgan fingerprint density at radius 3 is 2.23 bits per heavy atom. The third-order valence-electron chi connectivity index (χ3n) is 3.27. The fourth-order valence-corrected chi connectivity index (χ4v) is 2.16. The highest BCUT2D eigenvalue weighted by atomic mass is 16.6. The van der Waals surface area contributed by atoms with Crippen molar-refractivity contribution in [3.05, 3.63) is 18.2 Å². The molecular formula is C16H18O6. The Kier molecular flexibility index (Phi) is 4.60. The van der Waals surface area contributed by atoms with Crippen LogP contribution in [0, 0.1) is 0 Å². The van der Waals surface area contributed by atoms with Gasteiger partial charge in [-0.1, -0.05) is 6.92 Å². The predicted molar refractivity (Wildman–Crippen MR) is 81.2 cm³/mol. The van der Waals surface area contributed by atoms with E-state index in [1.54, 1.807) is 25.1 Å². The number of hydrogen-bond acceptors (Lipinski definition) is 6. The van der Waals surface area contributed by atoms with Gasteiger partial charge < -0.3 is 24.1 Å². The molecule has 0 spiro atoms. The molecule has 0 aromatic heterocycles. The summed E-state index contributed by atoms with van der Waals surface area (Å²) in [6, 6.07) is 5.02. The number of esters is 1. The summed E-state index contributed by atoms with van der Waals surface area (Å²) in [5.74, 6) is 0.510. The summed E-state index contributed by atoms with van der Waals surface area (Å²) in [6.45, 7) is 1.69. The Bertz CT molecular complexity index is 708. The van der Waals surface area contributed by atoms with E-state index < -0.39 is 5.97 Å². The summed E-state index contributed by atoms with van der Waals surface area (Å²) in [5.41, 5.74) is 0. The van der Waals surface area contributed by atoms with Gasteiger partial charge in [0, 0.05) is 17.2 Å². The van der Waals surface area contributed by atoms with Crippen LogP contribution in [0.2, 0.25) is 0 Å². The first-order chi connectivity index (χ1) is 10.6. The number of phenolic OH excluding ortho intramolecular Hbond substituents is 1. The molecule has 0 saturated heterocycles. The minimum absolute atomic E-state index is 0.0895. The van der Waals surface area contributed by atoms with E-state index in [0.717, 1.165) is 0 Å². The molecule has 0 radical (unpaired) electrons. The monoisotopic (exact) mass is 306 g/mol. The minimum Gasteiger partial charge on any atom is -0.504 e. The van der Waals surface area contributed by atoms with Crippen LogP contribution in [0.5, 0.6) is 28.7 Å². The summed E-state index contributed by atoms with van der Waals surface area (Å²) in [6.07, 6.45) is 0.206. The molecule has 2 aromatic rings. The fraction of sp³-hybridized carbons (Fsp3) is 0.312. The molecule has 2 aromatic carbocycles. The van der Waals surface area contributed by atoms with Crippen molar-refractivity contribution in [2.45, 2.75) is 13.3 Å². The number of aromatic hydroxyl groups is 1. The lowest BCUT2D eigenvalue weighted by Gasteiger charge is -2.17. The molecule has 0 aliphatic heterocycles. The lowest BCUT2D eigenvalue weighted by Crippen LogP contribution is -2.08. The number of carbonyl (C=O) groups excluding carboxylic acids is 1. The zero-order chi connectivity index (χ0) is 16.3. The van der Waals surface area contributed by atoms with Gasteiger partial charge in [0.2, 0.25) is 11.5 Å². The Morgan fingerprint density at radius 2 is 1.68 bits per heavy atom. The predicted octanol–water partition coefficient (Wildman–Crippen LogP) is 2.89. The van der Waals surface area contributed by atoms with Gasteiger partial charge in [0.15, 0.2) is 11.5 Å². The fourth-order valence-electron chi connectivity index (χ4n) is 2.16. The highest BCUT2D eigenvalue weighted by molar-refractivity contribution is 6.00. The second-order valence-corrected chi connectivity index (χ2v) is 4.48. The number of benzene rings is 2. The number of methoxy groups -OCH3 is 3. The average molecular weight is 306 g/mol. The Balaban J connectivity index is 2.84. The standard InChI is InChI=1S/C16H18O6/c1-5-12(17)22-14-11-8-9(19-2)6-7-10(11)13(18)15(20-3)16(14)21-4/h6-8,18H,5H2,1-4H3. The topological polar surface area (TPSA) is 74.2 Å². The largest absolute Gasteiger partial charge is 0.504 e. The van der Waals surface area contributed by atoms with Gasteiger partial charge in [-0.15, -0.1) is 0 Å². The Hall–Kier alpha value is -2.63. The van der Waals surface area contributed by atoms with Crippen LogP contribution in [-0.4, -0.2) is 32.4 Å². The molecule has 0 amide bonds. The molecule has 0 unspecified atom stereocenters. The number of rotatable bonds is 5. The summed E-state index contributed by atoms with van der Waals surface area (Å²) >= 11 is 0. The third kappa shape index (κ3) is 2.59. The first-order valence-corrected chi connectivity index (χ1v) is 6.72. The normalized spacial score (nSPS) is 10.4. The van der Waals surface area contributed by atoms with Crippen LogP contribution in [-0.2, 0) is 4.79 Å². The van der Waals surface area contributed by atoms with Crippen LogP contribution >= 0.6 is 0 Å². The van der Waals surface area contributed by atoms with E-state index in [4.69, 9.17) is 18.9 Å². The van der Waals surface area contributed by atoms with Crippen molar-refractivity contribution in [3.63, 3.8) is 0 Å². The Labute approximate surface area is 128 Å². The molecule has 0 atom stereocenters. The van der Waals surface area contributed by atoms with Crippen molar-refractivity contribution >= 4 is 16.7 Å². The van der Waals surface area contributed by atoms with Crippen molar-refractivity contribution in [1.29, 1.82) is 0 Å². The molecular weight excluding hydrogens is 288 g/mol. The van der Waals surface area contributed by atoms with Gasteiger partial charge in [0.1, 0.15) is 5.75 Å². The van der Waals surface area contributed by atoms with E-state index in [2.05, 4.69) is 0 Å². The first-order valence-electron chi connectivity index (χ1n) is 6.72. The zero-order valence-corrected chi connectivity index (χ0v) is 12.9. The maximum absolute atomic E-state index is 11.7. The summed E-state index contributed by atoms with van der Waals surface area (Å²) in [5, 5.41) is 11.3. The minimum atomic E-state index is -0.421. The van der Waals surface area contributed by atoms with Gasteiger partial charge in [0.25, 0.3) is 0 Å². The summed E-state index contributed by atoms with van der Waals surface area (Å²) in [4.78, 5) is 11.7. The molecule has 0 aliphatic rings. The van der Waals surface area contributed by atoms with Crippen molar-refractivity contribution in [3.8, 4) is 28.7 Å². The number of hydrogen-bond donors (Lipinski definition) is 1. The zero-order valence-electron chi connectivity index (χ0n) is 12.9. The molecule has 1 N–H and O–H groups in total. The van der Waals surface area contributed by atoms with Crippen molar-refractivity contribution < 1.29 is 28.8 Å². The van der Waals surface area contributed by atoms with Gasteiger partial charge in [-0.2, -0.15) is 0 Å². The lowest BCUT2D eigenvalue weighted by molar-refractivity contribution is -0.134. The van der Waals surface area contributed by atoms with E-state index in [-0.39, 0.29) is 29.4 Å². The lowest BCUT2D eigenvalue weighted by atomic mass is 10.1. The van der Waals surface area contributed by atoms with E-state index in [0.29, 0.717) is 16.5 Å². The van der Waals surface area contributed by atoms with E-state index in [9.17, 15) is 9.90 Å². The molecule has 6 nitrogen and oxygen atoms in total. The van der Waals surface area contributed by atoms with E-state index >= 15 is 0 Å². The van der Waals surface area contributed by atoms with Gasteiger partial charge in [-0.05, 0) is 18.2 Å². The van der Waals surface area contributed by atoms with Gasteiger partial charge in [-0.25, -0.2) is 0 Å². The molecule has 118 valence electrons. The van der Waals surface area contributed by atoms with Gasteiger partial charge in [0.05, 0.1) is 21.3 Å². The van der Waals surface area contributed by atoms with Crippen LogP contribution in [0.3, 0.4) is 0 Å². The van der Waals surface area contributed by atoms with Crippen LogP contribution in [0.1, 0.15) is 13.3 Å². The number of carbonyl (C=O) groups is 1. The third-order valence-corrected chi connectivity index (χ3v) is 3.27. The first kappa shape index (κ1) is 15.8. The van der Waals surface area contributed by atoms with Crippen LogP contribution in [0.4, 0.5) is 0 Å². The smallest absolute Gasteiger partial charge is 0.311 e. The van der Waals surface area contributed by atoms with E-state index in [1.165, 1.54) is 21.3 Å². The highest BCUT2D eigenvalue weighted by Crippen LogP contribution is 2.51. The number of phenols is 1. The van der Waals surface area contributed by atoms with Gasteiger partial charge >= 0.3 is 5.97 Å². The molecule has 0 aliphatic carbocycles. The molecule has 0 saturated carbocycles. The summed E-state index contributed by atoms with van der Waals surface area (Å²) in [7, 11) is 4.34. The van der Waals surface area contributed by atoms with Crippen molar-refractivity contribution in [2.24, 2.45) is 0 Å². The van der Waals surface area contributed by atoms with Crippen molar-refractivity contribution in [1.82, 2.24) is 0 Å². The highest BCUT2D eigenvalue weighted by Gasteiger charge is 2.24. The van der Waals surface area contributed by atoms with Gasteiger partial charge in [-0.3, -0.25) is 4.79 Å². The second kappa shape index (κ2) is 6.43. The quantitative estimate of drug-likeness (QED) is 0.676. The summed E-state index contributed by atoms with van der Waals surface area (Å²) < 4.78 is 21.0. The maximum Gasteiger partial charge on any atom is 0.311 e. The maximum atomic E-state index is 11.7. The van der Waals surface area contributed by atoms with Crippen LogP contribution in [0.15, 0.2) is 18.2 Å². The van der Waals surface area contributed by atoms with Crippen LogP contribution < -0.4 is 18.9 Å². The number of fused-ring (bicyclic) bond motifs is 1. The average Bonchev–Trinajstić information content (AvgIpc) is 2.56. The van der Waals surface area contributed by atoms with Crippen molar-refractivity contribution in [2.75, 3.05) is 21.3 Å². The Morgan fingerprint density at radius 1 is 1.00 bits per heavy atom. The molecule has 6 heteroatoms. The molecule has 22 heavy (non-hydrogen) atoms. The molecule has 0 fully saturated rings. The molecule has 2 rings (SSSR count). The molecule has 0 bridgehead atoms. The second-order valence-electron chi connectivity index (χ2n) is 4.48. The number of ether oxygens (including phenoxy) is 4.